The third kappa shape index (κ3) is 7.68. The van der Waals surface area contributed by atoms with Crippen LogP contribution in [0, 0.1) is 0 Å². The summed E-state index contributed by atoms with van der Waals surface area (Å²) in [6.45, 7) is 8.79. The zero-order valence-electron chi connectivity index (χ0n) is 28.5. The molecule has 13 heteroatoms. The maximum absolute atomic E-state index is 14.1. The molecule has 1 unspecified atom stereocenters. The first kappa shape index (κ1) is 33.3. The van der Waals surface area contributed by atoms with Crippen molar-refractivity contribution < 1.29 is 19.2 Å². The van der Waals surface area contributed by atoms with Crippen LogP contribution in [0.2, 0.25) is 0 Å². The van der Waals surface area contributed by atoms with E-state index in [1.807, 2.05) is 34.1 Å². The lowest BCUT2D eigenvalue weighted by molar-refractivity contribution is -0.137. The van der Waals surface area contributed by atoms with Gasteiger partial charge < -0.3 is 30.6 Å². The molecule has 7 rings (SSSR count). The van der Waals surface area contributed by atoms with Gasteiger partial charge in [0.2, 0.25) is 5.91 Å². The van der Waals surface area contributed by atoms with Gasteiger partial charge in [-0.2, -0.15) is 5.10 Å². The lowest BCUT2D eigenvalue weighted by Crippen LogP contribution is -2.58. The Balaban J connectivity index is 0.978. The summed E-state index contributed by atoms with van der Waals surface area (Å²) in [5, 5.41) is 19.4. The second-order valence-corrected chi connectivity index (χ2v) is 13.8. The average Bonchev–Trinajstić information content (AvgIpc) is 3.54. The lowest BCUT2D eigenvalue weighted by atomic mass is 9.98. The number of piperazine rings is 1. The van der Waals surface area contributed by atoms with Gasteiger partial charge >= 0.3 is 12.1 Å². The van der Waals surface area contributed by atoms with Crippen LogP contribution in [0.3, 0.4) is 0 Å². The molecule has 2 aromatic carbocycles. The number of H-pyrrole nitrogens is 1. The molecule has 3 fully saturated rings. The van der Waals surface area contributed by atoms with Crippen molar-refractivity contribution >= 4 is 34.6 Å². The van der Waals surface area contributed by atoms with Crippen LogP contribution in [-0.2, 0) is 28.9 Å². The maximum atomic E-state index is 14.1. The minimum Gasteiger partial charge on any atom is -0.351 e. The number of aromatic nitrogens is 2. The fraction of sp³-hybridized carbons (Fsp3) is 0.556. The van der Waals surface area contributed by atoms with Gasteiger partial charge in [0, 0.05) is 75.4 Å². The number of nitrogens with one attached hydrogen (secondary N) is 4. The van der Waals surface area contributed by atoms with Gasteiger partial charge in [0.15, 0.2) is 0 Å². The van der Waals surface area contributed by atoms with Crippen molar-refractivity contribution in [2.45, 2.75) is 70.0 Å². The quantitative estimate of drug-likeness (QED) is 0.287. The van der Waals surface area contributed by atoms with E-state index >= 15 is 0 Å². The lowest BCUT2D eigenvalue weighted by Gasteiger charge is -2.41. The summed E-state index contributed by atoms with van der Waals surface area (Å²) < 4.78 is 0. The van der Waals surface area contributed by atoms with Crippen molar-refractivity contribution in [1.82, 2.24) is 40.6 Å². The van der Waals surface area contributed by atoms with Gasteiger partial charge in [-0.3, -0.25) is 14.8 Å². The summed E-state index contributed by atoms with van der Waals surface area (Å²) in [4.78, 5) is 52.7. The molecule has 4 aliphatic rings. The number of aryl methyl sites for hydroxylation is 1. The normalized spacial score (nSPS) is 20.8. The molecule has 0 bridgehead atoms. The maximum Gasteiger partial charge on any atom is 0.426 e. The van der Waals surface area contributed by atoms with Gasteiger partial charge in [-0.1, -0.05) is 31.2 Å². The van der Waals surface area contributed by atoms with Crippen molar-refractivity contribution in [2.24, 2.45) is 0 Å². The van der Waals surface area contributed by atoms with Crippen LogP contribution in [-0.4, -0.2) is 125 Å². The number of hydroxylamine groups is 2. The number of hydrogen-bond acceptors (Lipinski definition) is 8. The predicted octanol–water partition coefficient (Wildman–Crippen LogP) is 3.13. The van der Waals surface area contributed by atoms with Gasteiger partial charge in [-0.25, -0.2) is 9.59 Å². The third-order valence-electron chi connectivity index (χ3n) is 10.8. The van der Waals surface area contributed by atoms with Gasteiger partial charge in [-0.15, -0.1) is 5.06 Å². The number of urea groups is 1. The smallest absolute Gasteiger partial charge is 0.351 e. The standard InChI is InChI=1S/C36H49N9O4/c1-2-26-21-25(22-28-24-38-41-33(26)28)23-32(34(46)43-19-17-42(18-20-43)29-7-12-37-13-8-29)40-36(48)49-44-14-10-30(11-15-44)45-16-9-27-5-3-4-6-31(27)39-35(45)47/h3-6,21-22,24,29-30,32,37H,2,7-20,23H2,1H3,(H,38,41)(H,39,47)(H,40,48). The van der Waals surface area contributed by atoms with Crippen molar-refractivity contribution in [3.8, 4) is 0 Å². The summed E-state index contributed by atoms with van der Waals surface area (Å²) in [6, 6.07) is 11.8. The Morgan fingerprint density at radius 2 is 1.76 bits per heavy atom. The van der Waals surface area contributed by atoms with E-state index in [4.69, 9.17) is 4.84 Å². The molecule has 0 aliphatic carbocycles. The number of anilines is 1. The van der Waals surface area contributed by atoms with Crippen molar-refractivity contribution in [3.05, 3.63) is 59.3 Å². The number of amides is 4. The predicted molar refractivity (Wildman–Crippen MR) is 187 cm³/mol. The van der Waals surface area contributed by atoms with Gasteiger partial charge in [0.25, 0.3) is 0 Å². The van der Waals surface area contributed by atoms with Crippen molar-refractivity contribution in [2.75, 3.05) is 64.2 Å². The molecular weight excluding hydrogens is 622 g/mol. The molecule has 4 aliphatic heterocycles. The summed E-state index contributed by atoms with van der Waals surface area (Å²) in [5.74, 6) is -0.0841. The molecule has 49 heavy (non-hydrogen) atoms. The van der Waals surface area contributed by atoms with E-state index in [2.05, 4.69) is 50.1 Å². The molecule has 0 spiro atoms. The molecule has 13 nitrogen and oxygen atoms in total. The second-order valence-electron chi connectivity index (χ2n) is 13.8. The van der Waals surface area contributed by atoms with E-state index in [9.17, 15) is 14.4 Å². The zero-order chi connectivity index (χ0) is 33.7. The summed E-state index contributed by atoms with van der Waals surface area (Å²) >= 11 is 0. The monoisotopic (exact) mass is 671 g/mol. The van der Waals surface area contributed by atoms with Crippen LogP contribution in [0.5, 0.6) is 0 Å². The SMILES string of the molecule is CCc1cc(CC(NC(=O)ON2CCC(N3CCc4ccccc4NC3=O)CC2)C(=O)N2CCN(C3CCNCC3)CC2)cc2cn[nH]c12. The fourth-order valence-electron chi connectivity index (χ4n) is 8.00. The van der Waals surface area contributed by atoms with Crippen LogP contribution < -0.4 is 16.0 Å². The number of hydrogen-bond donors (Lipinski definition) is 4. The van der Waals surface area contributed by atoms with E-state index in [1.54, 1.807) is 11.3 Å². The number of rotatable bonds is 8. The van der Waals surface area contributed by atoms with Gasteiger partial charge in [0.1, 0.15) is 6.04 Å². The number of carbonyl (C=O) groups excluding carboxylic acids is 3. The molecule has 4 N–H and O–H groups in total. The summed E-state index contributed by atoms with van der Waals surface area (Å²) in [5.41, 5.74) is 5.10. The first-order valence-electron chi connectivity index (χ1n) is 18.0. The van der Waals surface area contributed by atoms with E-state index < -0.39 is 12.1 Å². The molecule has 3 saturated heterocycles. The van der Waals surface area contributed by atoms with Crippen LogP contribution in [0.4, 0.5) is 15.3 Å². The van der Waals surface area contributed by atoms with Crippen LogP contribution in [0.1, 0.15) is 49.3 Å². The molecular formula is C36H49N9O4. The van der Waals surface area contributed by atoms with Crippen LogP contribution in [0.25, 0.3) is 10.9 Å². The number of nitrogens with zero attached hydrogens (tertiary/aromatic N) is 5. The number of aromatic amines is 1. The largest absolute Gasteiger partial charge is 0.426 e. The van der Waals surface area contributed by atoms with Crippen molar-refractivity contribution in [1.29, 1.82) is 0 Å². The topological polar surface area (TPSA) is 138 Å². The minimum absolute atomic E-state index is 0.0562. The second kappa shape index (κ2) is 15.1. The van der Waals surface area contributed by atoms with Crippen molar-refractivity contribution in [3.63, 3.8) is 0 Å². The Morgan fingerprint density at radius 1 is 0.980 bits per heavy atom. The Morgan fingerprint density at radius 3 is 2.53 bits per heavy atom. The summed E-state index contributed by atoms with van der Waals surface area (Å²) in [6.07, 6.45) is 6.78. The first-order chi connectivity index (χ1) is 23.9. The zero-order valence-corrected chi connectivity index (χ0v) is 28.5. The van der Waals surface area contributed by atoms with Crippen LogP contribution >= 0.6 is 0 Å². The number of benzene rings is 2. The first-order valence-corrected chi connectivity index (χ1v) is 18.0. The number of piperidine rings is 2. The van der Waals surface area contributed by atoms with E-state index in [0.717, 1.165) is 85.1 Å². The molecule has 1 aromatic heterocycles. The molecule has 0 saturated carbocycles. The minimum atomic E-state index is -0.771. The highest BCUT2D eigenvalue weighted by Crippen LogP contribution is 2.25. The Hall–Kier alpha value is -4.20. The Bertz CT molecular complexity index is 1620. The molecule has 1 atom stereocenters. The number of fused-ring (bicyclic) bond motifs is 2. The number of para-hydroxylation sites is 1. The molecule has 3 aromatic rings. The highest BCUT2D eigenvalue weighted by molar-refractivity contribution is 5.91. The highest BCUT2D eigenvalue weighted by Gasteiger charge is 2.34. The van der Waals surface area contributed by atoms with Gasteiger partial charge in [-0.05, 0) is 80.4 Å². The fourth-order valence-corrected chi connectivity index (χ4v) is 8.00. The molecule has 0 radical (unpaired) electrons. The molecule has 262 valence electrons. The third-order valence-corrected chi connectivity index (χ3v) is 10.8. The van der Waals surface area contributed by atoms with E-state index in [0.29, 0.717) is 58.0 Å². The number of carbonyl (C=O) groups is 3. The highest BCUT2D eigenvalue weighted by atomic mass is 16.7. The van der Waals surface area contributed by atoms with Crippen LogP contribution in [0.15, 0.2) is 42.6 Å². The van der Waals surface area contributed by atoms with Gasteiger partial charge in [0.05, 0.1) is 11.7 Å². The molecule has 4 amide bonds. The summed E-state index contributed by atoms with van der Waals surface area (Å²) in [7, 11) is 0. The van der Waals surface area contributed by atoms with E-state index in [-0.39, 0.29) is 18.0 Å². The average molecular weight is 672 g/mol. The van der Waals surface area contributed by atoms with E-state index in [1.165, 1.54) is 0 Å². The Kier molecular flexibility index (Phi) is 10.3. The Labute approximate surface area is 287 Å². The molecule has 5 heterocycles.